The Morgan fingerprint density at radius 1 is 1.32 bits per heavy atom. The molecule has 3 rings (SSSR count). The van der Waals surface area contributed by atoms with Gasteiger partial charge in [-0.2, -0.15) is 0 Å². The number of carboxylic acid groups (broad SMARTS) is 1. The minimum atomic E-state index is -1.06. The first kappa shape index (κ1) is 19.9. The van der Waals surface area contributed by atoms with Crippen molar-refractivity contribution in [1.29, 1.82) is 0 Å². The largest absolute Gasteiger partial charge is 0.489 e. The third kappa shape index (κ3) is 4.00. The van der Waals surface area contributed by atoms with Crippen LogP contribution >= 0.6 is 24.0 Å². The number of carbonyl (C=O) groups is 2. The van der Waals surface area contributed by atoms with E-state index in [0.717, 1.165) is 11.1 Å². The van der Waals surface area contributed by atoms with Crippen molar-refractivity contribution >= 4 is 51.9 Å². The first-order chi connectivity index (χ1) is 13.4. The first-order valence-corrected chi connectivity index (χ1v) is 9.59. The van der Waals surface area contributed by atoms with E-state index in [-0.39, 0.29) is 11.5 Å². The topological polar surface area (TPSA) is 66.8 Å². The van der Waals surface area contributed by atoms with Gasteiger partial charge in [0.1, 0.15) is 12.4 Å². The third-order valence-electron chi connectivity index (χ3n) is 4.05. The van der Waals surface area contributed by atoms with E-state index in [1.807, 2.05) is 31.2 Å². The van der Waals surface area contributed by atoms with Crippen LogP contribution in [0.5, 0.6) is 5.75 Å². The van der Waals surface area contributed by atoms with E-state index < -0.39 is 5.97 Å². The molecule has 1 aliphatic rings. The summed E-state index contributed by atoms with van der Waals surface area (Å²) < 4.78 is 5.99. The molecule has 0 aliphatic carbocycles. The zero-order chi connectivity index (χ0) is 20.3. The molecule has 2 aromatic carbocycles. The maximum absolute atomic E-state index is 13.0. The van der Waals surface area contributed by atoms with E-state index in [9.17, 15) is 14.7 Å². The molecule has 1 N–H and O–H groups in total. The second-order valence-corrected chi connectivity index (χ2v) is 7.64. The monoisotopic (exact) mass is 411 g/mol. The van der Waals surface area contributed by atoms with Gasteiger partial charge in [-0.25, -0.2) is 4.79 Å². The highest BCUT2D eigenvalue weighted by Crippen LogP contribution is 2.38. The lowest BCUT2D eigenvalue weighted by Gasteiger charge is -2.17. The van der Waals surface area contributed by atoms with Crippen LogP contribution in [0.3, 0.4) is 0 Å². The summed E-state index contributed by atoms with van der Waals surface area (Å²) in [6.45, 7) is 5.80. The fourth-order valence-corrected chi connectivity index (χ4v) is 3.96. The zero-order valence-electron chi connectivity index (χ0n) is 15.0. The van der Waals surface area contributed by atoms with Crippen molar-refractivity contribution in [2.24, 2.45) is 0 Å². The molecule has 1 aliphatic heterocycles. The average Bonchev–Trinajstić information content (AvgIpc) is 2.94. The number of rotatable bonds is 6. The molecule has 0 unspecified atom stereocenters. The van der Waals surface area contributed by atoms with Crippen molar-refractivity contribution < 1.29 is 19.4 Å². The second-order valence-electron chi connectivity index (χ2n) is 5.96. The van der Waals surface area contributed by atoms with Gasteiger partial charge in [0.25, 0.3) is 5.91 Å². The number of amides is 1. The number of aromatic carboxylic acids is 1. The molecule has 0 bridgehead atoms. The second kappa shape index (κ2) is 8.41. The van der Waals surface area contributed by atoms with Gasteiger partial charge in [-0.1, -0.05) is 60.9 Å². The van der Waals surface area contributed by atoms with Crippen molar-refractivity contribution in [1.82, 2.24) is 0 Å². The summed E-state index contributed by atoms with van der Waals surface area (Å²) in [5, 5.41) is 9.25. The highest BCUT2D eigenvalue weighted by atomic mass is 32.2. The Morgan fingerprint density at radius 2 is 2.07 bits per heavy atom. The van der Waals surface area contributed by atoms with Gasteiger partial charge >= 0.3 is 5.97 Å². The van der Waals surface area contributed by atoms with Crippen LogP contribution in [0.1, 0.15) is 21.5 Å². The van der Waals surface area contributed by atoms with E-state index in [1.165, 1.54) is 28.8 Å². The van der Waals surface area contributed by atoms with Crippen molar-refractivity contribution in [2.45, 2.75) is 6.92 Å². The summed E-state index contributed by atoms with van der Waals surface area (Å²) in [5.74, 6) is -0.716. The van der Waals surface area contributed by atoms with Gasteiger partial charge in [0.05, 0.1) is 16.2 Å². The molecule has 0 saturated carbocycles. The standard InChI is InChI=1S/C21H17NO4S2/c1-3-10-26-17-7-5-4-6-14(17)12-18-19(23)22(21(27)28-18)16-11-15(20(24)25)9-8-13(16)2/h3-9,11-12H,1,10H2,2H3,(H,24,25)/b18-12-. The molecule has 2 aromatic rings. The number of hydrogen-bond donors (Lipinski definition) is 1. The van der Waals surface area contributed by atoms with Crippen LogP contribution in [0.25, 0.3) is 6.08 Å². The summed E-state index contributed by atoms with van der Waals surface area (Å²) in [6, 6.07) is 12.0. The van der Waals surface area contributed by atoms with E-state index in [1.54, 1.807) is 18.2 Å². The molecule has 142 valence electrons. The molecule has 0 aromatic heterocycles. The Morgan fingerprint density at radius 3 is 2.79 bits per heavy atom. The van der Waals surface area contributed by atoms with Crippen LogP contribution in [0.15, 0.2) is 60.0 Å². The number of para-hydroxylation sites is 1. The predicted molar refractivity (Wildman–Crippen MR) is 116 cm³/mol. The minimum absolute atomic E-state index is 0.0989. The molecular formula is C21H17NO4S2. The molecule has 5 nitrogen and oxygen atoms in total. The lowest BCUT2D eigenvalue weighted by atomic mass is 10.1. The number of hydrogen-bond acceptors (Lipinski definition) is 5. The molecule has 0 radical (unpaired) electrons. The van der Waals surface area contributed by atoms with E-state index >= 15 is 0 Å². The molecule has 1 heterocycles. The van der Waals surface area contributed by atoms with Gasteiger partial charge in [0.15, 0.2) is 4.32 Å². The Labute approximate surface area is 172 Å². The van der Waals surface area contributed by atoms with Crippen LogP contribution in [-0.4, -0.2) is 27.9 Å². The number of carboxylic acids is 1. The first-order valence-electron chi connectivity index (χ1n) is 8.37. The van der Waals surface area contributed by atoms with Crippen LogP contribution in [-0.2, 0) is 4.79 Å². The van der Waals surface area contributed by atoms with Gasteiger partial charge in [-0.15, -0.1) is 0 Å². The minimum Gasteiger partial charge on any atom is -0.489 e. The van der Waals surface area contributed by atoms with E-state index in [0.29, 0.717) is 27.3 Å². The number of benzene rings is 2. The van der Waals surface area contributed by atoms with Crippen LogP contribution in [0.4, 0.5) is 5.69 Å². The molecular weight excluding hydrogens is 394 g/mol. The number of thiocarbonyl (C=S) groups is 1. The molecule has 1 saturated heterocycles. The third-order valence-corrected chi connectivity index (χ3v) is 5.36. The number of aryl methyl sites for hydroxylation is 1. The summed E-state index contributed by atoms with van der Waals surface area (Å²) >= 11 is 6.57. The molecule has 1 amide bonds. The smallest absolute Gasteiger partial charge is 0.335 e. The molecule has 0 spiro atoms. The molecule has 28 heavy (non-hydrogen) atoms. The van der Waals surface area contributed by atoms with Gasteiger partial charge in [0, 0.05) is 5.56 Å². The highest BCUT2D eigenvalue weighted by Gasteiger charge is 2.34. The summed E-state index contributed by atoms with van der Waals surface area (Å²) in [4.78, 5) is 26.1. The van der Waals surface area contributed by atoms with Gasteiger partial charge in [0.2, 0.25) is 0 Å². The Balaban J connectivity index is 1.97. The Hall–Kier alpha value is -2.90. The number of ether oxygens (including phenoxy) is 1. The Bertz CT molecular complexity index is 1010. The highest BCUT2D eigenvalue weighted by molar-refractivity contribution is 8.27. The fraction of sp³-hybridized carbons (Fsp3) is 0.0952. The van der Waals surface area contributed by atoms with Crippen molar-refractivity contribution in [3.8, 4) is 5.75 Å². The van der Waals surface area contributed by atoms with Gasteiger partial charge in [-0.05, 0) is 36.8 Å². The van der Waals surface area contributed by atoms with Crippen LogP contribution in [0, 0.1) is 6.92 Å². The maximum atomic E-state index is 13.0. The predicted octanol–water partition coefficient (Wildman–Crippen LogP) is 4.66. The van der Waals surface area contributed by atoms with Gasteiger partial charge < -0.3 is 9.84 Å². The summed E-state index contributed by atoms with van der Waals surface area (Å²) in [5.41, 5.74) is 2.09. The quantitative estimate of drug-likeness (QED) is 0.424. The Kier molecular flexibility index (Phi) is 5.96. The normalized spacial score (nSPS) is 15.2. The maximum Gasteiger partial charge on any atom is 0.335 e. The zero-order valence-corrected chi connectivity index (χ0v) is 16.7. The van der Waals surface area contributed by atoms with Crippen molar-refractivity contribution in [3.63, 3.8) is 0 Å². The number of thioether (sulfide) groups is 1. The number of carbonyl (C=O) groups excluding carboxylic acids is 1. The lowest BCUT2D eigenvalue weighted by molar-refractivity contribution is -0.113. The molecule has 7 heteroatoms. The SMILES string of the molecule is C=CCOc1ccccc1/C=C1\SC(=S)N(c2cc(C(=O)O)ccc2C)C1=O. The number of anilines is 1. The fourth-order valence-electron chi connectivity index (χ4n) is 2.68. The van der Waals surface area contributed by atoms with Crippen LogP contribution in [0.2, 0.25) is 0 Å². The molecule has 0 atom stereocenters. The van der Waals surface area contributed by atoms with Crippen molar-refractivity contribution in [2.75, 3.05) is 11.5 Å². The van der Waals surface area contributed by atoms with Crippen LogP contribution < -0.4 is 9.64 Å². The average molecular weight is 412 g/mol. The molecule has 1 fully saturated rings. The van der Waals surface area contributed by atoms with Crippen molar-refractivity contribution in [3.05, 3.63) is 76.7 Å². The summed E-state index contributed by atoms with van der Waals surface area (Å²) in [7, 11) is 0. The lowest BCUT2D eigenvalue weighted by Crippen LogP contribution is -2.28. The van der Waals surface area contributed by atoms with E-state index in [2.05, 4.69) is 6.58 Å². The number of nitrogens with zero attached hydrogens (tertiary/aromatic N) is 1. The van der Waals surface area contributed by atoms with E-state index in [4.69, 9.17) is 17.0 Å². The van der Waals surface area contributed by atoms with Gasteiger partial charge in [-0.3, -0.25) is 9.69 Å². The summed E-state index contributed by atoms with van der Waals surface area (Å²) in [6.07, 6.45) is 3.38.